The van der Waals surface area contributed by atoms with Crippen LogP contribution in [0.2, 0.25) is 0 Å². The summed E-state index contributed by atoms with van der Waals surface area (Å²) < 4.78 is 0. The number of hydrogen-bond donors (Lipinski definition) is 1. The van der Waals surface area contributed by atoms with Crippen molar-refractivity contribution < 1.29 is 9.90 Å². The van der Waals surface area contributed by atoms with Gasteiger partial charge in [0.2, 0.25) is 0 Å². The number of carboxylic acids is 1. The van der Waals surface area contributed by atoms with E-state index in [1.54, 1.807) is 0 Å². The molecule has 1 N–H and O–H groups in total. The van der Waals surface area contributed by atoms with Crippen molar-refractivity contribution in [3.05, 3.63) is 35.9 Å². The maximum atomic E-state index is 11.2. The molecular weight excluding hydrogens is 212 g/mol. The minimum absolute atomic E-state index is 0.199. The van der Waals surface area contributed by atoms with Crippen LogP contribution in [0.1, 0.15) is 39.2 Å². The first-order valence-corrected chi connectivity index (χ1v) is 6.15. The van der Waals surface area contributed by atoms with Crippen LogP contribution in [-0.2, 0) is 11.2 Å². The Bertz CT molecular complexity index is 349. The Kier molecular flexibility index (Phi) is 4.73. The fraction of sp³-hybridized carbons (Fsp3) is 0.533. The van der Waals surface area contributed by atoms with Gasteiger partial charge in [-0.1, -0.05) is 51.1 Å². The maximum absolute atomic E-state index is 11.2. The number of aliphatic carboxylic acids is 1. The maximum Gasteiger partial charge on any atom is 0.306 e. The molecule has 1 aromatic rings. The molecule has 0 saturated heterocycles. The molecule has 0 aromatic heterocycles. The summed E-state index contributed by atoms with van der Waals surface area (Å²) in [4.78, 5) is 11.2. The molecule has 2 nitrogen and oxygen atoms in total. The predicted octanol–water partition coefficient (Wildman–Crippen LogP) is 3.76. The summed E-state index contributed by atoms with van der Waals surface area (Å²) in [5.41, 5.74) is 1.30. The smallest absolute Gasteiger partial charge is 0.306 e. The van der Waals surface area contributed by atoms with Gasteiger partial charge >= 0.3 is 5.97 Å². The van der Waals surface area contributed by atoms with Crippen molar-refractivity contribution in [3.63, 3.8) is 0 Å². The number of hydrogen-bond acceptors (Lipinski definition) is 1. The molecule has 0 aliphatic rings. The molecule has 0 saturated carbocycles. The fourth-order valence-corrected chi connectivity index (χ4v) is 1.82. The number of carboxylic acid groups (broad SMARTS) is 1. The molecule has 0 heterocycles. The van der Waals surface area contributed by atoms with Crippen molar-refractivity contribution in [1.29, 1.82) is 0 Å². The van der Waals surface area contributed by atoms with Crippen molar-refractivity contribution in [1.82, 2.24) is 0 Å². The van der Waals surface area contributed by atoms with E-state index < -0.39 is 5.97 Å². The summed E-state index contributed by atoms with van der Waals surface area (Å²) in [6, 6.07) is 9.85. The Morgan fingerprint density at radius 3 is 2.29 bits per heavy atom. The summed E-state index contributed by atoms with van der Waals surface area (Å²) in [5.74, 6) is -0.949. The van der Waals surface area contributed by atoms with E-state index in [4.69, 9.17) is 0 Å². The minimum atomic E-state index is -0.682. The zero-order valence-electron chi connectivity index (χ0n) is 10.9. The van der Waals surface area contributed by atoms with Gasteiger partial charge in [0, 0.05) is 0 Å². The van der Waals surface area contributed by atoms with Crippen LogP contribution >= 0.6 is 0 Å². The Hall–Kier alpha value is -1.31. The van der Waals surface area contributed by atoms with Crippen LogP contribution in [0.5, 0.6) is 0 Å². The fourth-order valence-electron chi connectivity index (χ4n) is 1.82. The third-order valence-corrected chi connectivity index (χ3v) is 2.92. The third-order valence-electron chi connectivity index (χ3n) is 2.92. The summed E-state index contributed by atoms with van der Waals surface area (Å²) in [6.07, 6.45) is 2.32. The van der Waals surface area contributed by atoms with Crippen LogP contribution < -0.4 is 0 Å². The quantitative estimate of drug-likeness (QED) is 0.842. The standard InChI is InChI=1S/C15H22O2/c1-15(2,3)10-9-13(14(16)17)11-12-7-5-4-6-8-12/h4-8,13H,9-11H2,1-3H3,(H,16,17). The van der Waals surface area contributed by atoms with Gasteiger partial charge in [-0.15, -0.1) is 0 Å². The van der Waals surface area contributed by atoms with Gasteiger partial charge in [-0.3, -0.25) is 4.79 Å². The Morgan fingerprint density at radius 2 is 1.82 bits per heavy atom. The Labute approximate surface area is 104 Å². The molecule has 17 heavy (non-hydrogen) atoms. The van der Waals surface area contributed by atoms with E-state index in [1.807, 2.05) is 30.3 Å². The van der Waals surface area contributed by atoms with Gasteiger partial charge in [-0.05, 0) is 30.2 Å². The molecule has 0 aliphatic heterocycles. The third kappa shape index (κ3) is 5.53. The first-order chi connectivity index (χ1) is 7.88. The molecule has 0 fully saturated rings. The lowest BCUT2D eigenvalue weighted by Gasteiger charge is -2.21. The summed E-state index contributed by atoms with van der Waals surface area (Å²) in [7, 11) is 0. The van der Waals surface area contributed by atoms with Gasteiger partial charge < -0.3 is 5.11 Å². The van der Waals surface area contributed by atoms with Crippen LogP contribution in [0.3, 0.4) is 0 Å². The molecule has 0 spiro atoms. The molecule has 0 aliphatic carbocycles. The summed E-state index contributed by atoms with van der Waals surface area (Å²) in [6.45, 7) is 6.44. The van der Waals surface area contributed by atoms with Gasteiger partial charge in [0.1, 0.15) is 0 Å². The van der Waals surface area contributed by atoms with Gasteiger partial charge in [-0.25, -0.2) is 0 Å². The number of rotatable bonds is 5. The van der Waals surface area contributed by atoms with Crippen LogP contribution in [-0.4, -0.2) is 11.1 Å². The first-order valence-electron chi connectivity index (χ1n) is 6.15. The van der Waals surface area contributed by atoms with Gasteiger partial charge in [0.15, 0.2) is 0 Å². The summed E-state index contributed by atoms with van der Waals surface area (Å²) in [5, 5.41) is 9.23. The first kappa shape index (κ1) is 13.8. The van der Waals surface area contributed by atoms with Crippen molar-refractivity contribution in [2.24, 2.45) is 11.3 Å². The lowest BCUT2D eigenvalue weighted by Crippen LogP contribution is -2.19. The zero-order chi connectivity index (χ0) is 12.9. The van der Waals surface area contributed by atoms with Crippen LogP contribution in [0.4, 0.5) is 0 Å². The highest BCUT2D eigenvalue weighted by atomic mass is 16.4. The van der Waals surface area contributed by atoms with Crippen LogP contribution in [0.15, 0.2) is 30.3 Å². The van der Waals surface area contributed by atoms with Crippen molar-refractivity contribution in [3.8, 4) is 0 Å². The zero-order valence-corrected chi connectivity index (χ0v) is 10.9. The molecule has 1 rings (SSSR count). The van der Waals surface area contributed by atoms with E-state index in [0.717, 1.165) is 18.4 Å². The molecule has 0 amide bonds. The van der Waals surface area contributed by atoms with Gasteiger partial charge in [-0.2, -0.15) is 0 Å². The summed E-state index contributed by atoms with van der Waals surface area (Å²) >= 11 is 0. The highest BCUT2D eigenvalue weighted by Gasteiger charge is 2.21. The monoisotopic (exact) mass is 234 g/mol. The number of carbonyl (C=O) groups is 1. The highest BCUT2D eigenvalue weighted by Crippen LogP contribution is 2.25. The molecule has 1 aromatic carbocycles. The van der Waals surface area contributed by atoms with Gasteiger partial charge in [0.25, 0.3) is 0 Å². The molecule has 0 bridgehead atoms. The van der Waals surface area contributed by atoms with E-state index in [-0.39, 0.29) is 11.3 Å². The normalized spacial score (nSPS) is 13.4. The second kappa shape index (κ2) is 5.85. The lowest BCUT2D eigenvalue weighted by atomic mass is 9.85. The SMILES string of the molecule is CC(C)(C)CCC(Cc1ccccc1)C(=O)O. The average Bonchev–Trinajstić information content (AvgIpc) is 2.24. The molecular formula is C15H22O2. The Balaban J connectivity index is 2.59. The van der Waals surface area contributed by atoms with Crippen molar-refractivity contribution in [2.45, 2.75) is 40.0 Å². The second-order valence-electron chi connectivity index (χ2n) is 5.82. The van der Waals surface area contributed by atoms with Crippen molar-refractivity contribution >= 4 is 5.97 Å². The second-order valence-corrected chi connectivity index (χ2v) is 5.82. The van der Waals surface area contributed by atoms with E-state index in [1.165, 1.54) is 0 Å². The van der Waals surface area contributed by atoms with E-state index >= 15 is 0 Å². The van der Waals surface area contributed by atoms with E-state index in [0.29, 0.717) is 6.42 Å². The lowest BCUT2D eigenvalue weighted by molar-refractivity contribution is -0.142. The van der Waals surface area contributed by atoms with Gasteiger partial charge in [0.05, 0.1) is 5.92 Å². The topological polar surface area (TPSA) is 37.3 Å². The van der Waals surface area contributed by atoms with E-state index in [2.05, 4.69) is 20.8 Å². The number of benzene rings is 1. The van der Waals surface area contributed by atoms with Crippen LogP contribution in [0, 0.1) is 11.3 Å². The molecule has 1 unspecified atom stereocenters. The van der Waals surface area contributed by atoms with Crippen LogP contribution in [0.25, 0.3) is 0 Å². The Morgan fingerprint density at radius 1 is 1.24 bits per heavy atom. The predicted molar refractivity (Wildman–Crippen MR) is 70.0 cm³/mol. The molecule has 1 atom stereocenters. The molecule has 2 heteroatoms. The molecule has 0 radical (unpaired) electrons. The molecule has 94 valence electrons. The van der Waals surface area contributed by atoms with Crippen molar-refractivity contribution in [2.75, 3.05) is 0 Å². The van der Waals surface area contributed by atoms with E-state index in [9.17, 15) is 9.90 Å². The minimum Gasteiger partial charge on any atom is -0.481 e. The average molecular weight is 234 g/mol. The highest BCUT2D eigenvalue weighted by molar-refractivity contribution is 5.70. The largest absolute Gasteiger partial charge is 0.481 e.